The van der Waals surface area contributed by atoms with E-state index < -0.39 is 11.9 Å². The van der Waals surface area contributed by atoms with Crippen LogP contribution < -0.4 is 0 Å². The van der Waals surface area contributed by atoms with Crippen LogP contribution in [0.2, 0.25) is 0 Å². The summed E-state index contributed by atoms with van der Waals surface area (Å²) in [4.78, 5) is 30.2. The molecule has 0 unspecified atom stereocenters. The van der Waals surface area contributed by atoms with E-state index in [1.54, 1.807) is 30.3 Å². The molecule has 0 heterocycles. The summed E-state index contributed by atoms with van der Waals surface area (Å²) in [6, 6.07) is 8.87. The number of benzene rings is 1. The molecule has 0 atom stereocenters. The first-order valence-corrected chi connectivity index (χ1v) is 5.44. The second-order valence-electron chi connectivity index (χ2n) is 3.26. The van der Waals surface area contributed by atoms with Crippen LogP contribution in [-0.4, -0.2) is 34.7 Å². The van der Waals surface area contributed by atoms with Crippen molar-refractivity contribution in [3.63, 3.8) is 0 Å². The van der Waals surface area contributed by atoms with Gasteiger partial charge in [-0.25, -0.2) is 14.4 Å². The minimum atomic E-state index is -1.26. The smallest absolute Gasteiger partial charge is 0.338 e. The van der Waals surface area contributed by atoms with Gasteiger partial charge in [-0.3, -0.25) is 0 Å². The maximum absolute atomic E-state index is 11.1. The molecule has 1 aromatic rings. The largest absolute Gasteiger partial charge is 0.478 e. The molecule has 0 saturated heterocycles. The Balaban J connectivity index is 0.000000396. The Morgan fingerprint density at radius 2 is 1.55 bits per heavy atom. The number of carboxylic acid groups (broad SMARTS) is 2. The molecule has 0 saturated carbocycles. The second kappa shape index (κ2) is 10.1. The quantitative estimate of drug-likeness (QED) is 0.483. The zero-order valence-electron chi connectivity index (χ0n) is 10.6. The fraction of sp³-hybridized carbons (Fsp3) is 0.0714. The highest BCUT2D eigenvalue weighted by molar-refractivity contribution is 5.89. The summed E-state index contributed by atoms with van der Waals surface area (Å²) >= 11 is 0. The molecule has 106 valence electrons. The van der Waals surface area contributed by atoms with Crippen molar-refractivity contribution in [1.29, 1.82) is 0 Å². The summed E-state index contributed by atoms with van der Waals surface area (Å²) in [6.07, 6.45) is 2.66. The van der Waals surface area contributed by atoms with Crippen molar-refractivity contribution in [2.75, 3.05) is 6.61 Å². The van der Waals surface area contributed by atoms with Gasteiger partial charge in [-0.05, 0) is 12.1 Å². The summed E-state index contributed by atoms with van der Waals surface area (Å²) in [5, 5.41) is 15.6. The zero-order valence-corrected chi connectivity index (χ0v) is 10.6. The Hall–Kier alpha value is -2.89. The van der Waals surface area contributed by atoms with Gasteiger partial charge in [-0.1, -0.05) is 30.9 Å². The zero-order chi connectivity index (χ0) is 15.4. The normalized spacial score (nSPS) is 9.20. The van der Waals surface area contributed by atoms with E-state index in [-0.39, 0.29) is 12.6 Å². The molecule has 0 amide bonds. The van der Waals surface area contributed by atoms with E-state index in [9.17, 15) is 14.4 Å². The maximum Gasteiger partial charge on any atom is 0.338 e. The van der Waals surface area contributed by atoms with Crippen LogP contribution in [0.4, 0.5) is 0 Å². The molecule has 0 radical (unpaired) electrons. The fourth-order valence-electron chi connectivity index (χ4n) is 0.935. The Labute approximate surface area is 115 Å². The lowest BCUT2D eigenvalue weighted by molar-refractivity contribution is -0.134. The fourth-order valence-corrected chi connectivity index (χ4v) is 0.935. The molecule has 0 spiro atoms. The van der Waals surface area contributed by atoms with Crippen molar-refractivity contribution >= 4 is 17.9 Å². The lowest BCUT2D eigenvalue weighted by Crippen LogP contribution is -2.04. The number of hydrogen-bond acceptors (Lipinski definition) is 4. The predicted molar refractivity (Wildman–Crippen MR) is 71.3 cm³/mol. The lowest BCUT2D eigenvalue weighted by atomic mass is 10.2. The molecule has 0 bridgehead atoms. The first kappa shape index (κ1) is 17.1. The van der Waals surface area contributed by atoms with Crippen LogP contribution in [0.15, 0.2) is 55.1 Å². The van der Waals surface area contributed by atoms with E-state index in [0.29, 0.717) is 17.7 Å². The van der Waals surface area contributed by atoms with Crippen LogP contribution in [0.1, 0.15) is 10.4 Å². The van der Waals surface area contributed by atoms with E-state index in [4.69, 9.17) is 14.9 Å². The Morgan fingerprint density at radius 1 is 1.05 bits per heavy atom. The number of esters is 1. The van der Waals surface area contributed by atoms with Crippen molar-refractivity contribution in [2.45, 2.75) is 0 Å². The third-order valence-electron chi connectivity index (χ3n) is 1.71. The maximum atomic E-state index is 11.1. The average Bonchev–Trinajstić information content (AvgIpc) is 2.44. The Kier molecular flexibility index (Phi) is 8.62. The number of carbonyl (C=O) groups is 3. The van der Waals surface area contributed by atoms with Gasteiger partial charge in [0.05, 0.1) is 5.56 Å². The van der Waals surface area contributed by atoms with Crippen molar-refractivity contribution in [2.24, 2.45) is 0 Å². The predicted octanol–water partition coefficient (Wildman–Crippen LogP) is 1.74. The number of rotatable bonds is 5. The Morgan fingerprint density at radius 3 is 1.95 bits per heavy atom. The van der Waals surface area contributed by atoms with Gasteiger partial charge in [-0.15, -0.1) is 0 Å². The summed E-state index contributed by atoms with van der Waals surface area (Å²) in [5.74, 6) is -2.82. The molecule has 0 aliphatic rings. The summed E-state index contributed by atoms with van der Waals surface area (Å²) in [5.41, 5.74) is 0.569. The van der Waals surface area contributed by atoms with E-state index in [1.807, 2.05) is 6.07 Å². The summed E-state index contributed by atoms with van der Waals surface area (Å²) < 4.78 is 4.82. The topological polar surface area (TPSA) is 101 Å². The average molecular weight is 278 g/mol. The van der Waals surface area contributed by atoms with E-state index in [2.05, 4.69) is 6.58 Å². The van der Waals surface area contributed by atoms with Crippen LogP contribution in [0.25, 0.3) is 0 Å². The van der Waals surface area contributed by atoms with Crippen molar-refractivity contribution in [1.82, 2.24) is 0 Å². The van der Waals surface area contributed by atoms with Crippen LogP contribution in [-0.2, 0) is 14.3 Å². The number of carboxylic acids is 2. The van der Waals surface area contributed by atoms with Crippen LogP contribution in [0, 0.1) is 0 Å². The van der Waals surface area contributed by atoms with E-state index >= 15 is 0 Å². The molecule has 1 aromatic carbocycles. The Bertz CT molecular complexity index is 474. The molecule has 0 aliphatic carbocycles. The molecule has 1 rings (SSSR count). The first-order valence-electron chi connectivity index (χ1n) is 5.44. The molecule has 20 heavy (non-hydrogen) atoms. The first-order chi connectivity index (χ1) is 9.47. The van der Waals surface area contributed by atoms with Gasteiger partial charge in [0.15, 0.2) is 0 Å². The van der Waals surface area contributed by atoms with Crippen LogP contribution >= 0.6 is 0 Å². The van der Waals surface area contributed by atoms with Crippen molar-refractivity contribution < 1.29 is 29.3 Å². The third-order valence-corrected chi connectivity index (χ3v) is 1.71. The van der Waals surface area contributed by atoms with Crippen molar-refractivity contribution in [3.8, 4) is 0 Å². The molecule has 0 fully saturated rings. The minimum absolute atomic E-state index is 0.258. The van der Waals surface area contributed by atoms with Crippen molar-refractivity contribution in [3.05, 3.63) is 60.7 Å². The SMILES string of the molecule is C=CCOC(=O)c1ccccc1.O=C(O)/C=C\C(=O)O. The number of hydrogen-bond donors (Lipinski definition) is 2. The molecule has 0 aliphatic heterocycles. The van der Waals surface area contributed by atoms with Crippen LogP contribution in [0.5, 0.6) is 0 Å². The molecular weight excluding hydrogens is 264 g/mol. The number of carbonyl (C=O) groups excluding carboxylic acids is 1. The van der Waals surface area contributed by atoms with Crippen LogP contribution in [0.3, 0.4) is 0 Å². The second-order valence-corrected chi connectivity index (χ2v) is 3.26. The number of aliphatic carboxylic acids is 2. The standard InChI is InChI=1S/C10H10O2.C4H4O4/c1-2-8-12-10(11)9-6-4-3-5-7-9;5-3(6)1-2-4(7)8/h2-7H,1,8H2;1-2H,(H,5,6)(H,7,8)/b;2-1-. The van der Waals surface area contributed by atoms with Gasteiger partial charge in [0.1, 0.15) is 6.61 Å². The van der Waals surface area contributed by atoms with Gasteiger partial charge < -0.3 is 14.9 Å². The molecule has 6 nitrogen and oxygen atoms in total. The highest BCUT2D eigenvalue weighted by Gasteiger charge is 2.02. The third kappa shape index (κ3) is 9.17. The monoisotopic (exact) mass is 278 g/mol. The summed E-state index contributed by atoms with van der Waals surface area (Å²) in [6.45, 7) is 3.71. The van der Waals surface area contributed by atoms with Gasteiger partial charge in [0, 0.05) is 12.2 Å². The summed E-state index contributed by atoms with van der Waals surface area (Å²) in [7, 11) is 0. The van der Waals surface area contributed by atoms with E-state index in [1.165, 1.54) is 0 Å². The minimum Gasteiger partial charge on any atom is -0.478 e. The van der Waals surface area contributed by atoms with Gasteiger partial charge in [-0.2, -0.15) is 0 Å². The molecule has 0 aromatic heterocycles. The highest BCUT2D eigenvalue weighted by Crippen LogP contribution is 2.00. The van der Waals surface area contributed by atoms with E-state index in [0.717, 1.165) is 0 Å². The molecule has 6 heteroatoms. The highest BCUT2D eigenvalue weighted by atomic mass is 16.5. The number of ether oxygens (including phenoxy) is 1. The van der Waals surface area contributed by atoms with Gasteiger partial charge in [0.25, 0.3) is 0 Å². The van der Waals surface area contributed by atoms with Gasteiger partial charge >= 0.3 is 17.9 Å². The van der Waals surface area contributed by atoms with Gasteiger partial charge in [0.2, 0.25) is 0 Å². The molecule has 2 N–H and O–H groups in total. The lowest BCUT2D eigenvalue weighted by Gasteiger charge is -1.99. The molecular formula is C14H14O6.